The van der Waals surface area contributed by atoms with Crippen LogP contribution >= 0.6 is 12.6 Å². The zero-order valence-electron chi connectivity index (χ0n) is 44.5. The van der Waals surface area contributed by atoms with E-state index in [1.54, 1.807) is 0 Å². The van der Waals surface area contributed by atoms with Crippen LogP contribution in [0.1, 0.15) is 130 Å². The highest BCUT2D eigenvalue weighted by atomic mass is 32.1. The Bertz CT molecular complexity index is 3390. The Morgan fingerprint density at radius 1 is 0.611 bits per heavy atom. The Morgan fingerprint density at radius 3 is 1.94 bits per heavy atom. The van der Waals surface area contributed by atoms with Gasteiger partial charge in [0.2, 0.25) is 0 Å². The zero-order chi connectivity index (χ0) is 50.9. The number of nitrogens with zero attached hydrogens (tertiary/aromatic N) is 1. The summed E-state index contributed by atoms with van der Waals surface area (Å²) < 4.78 is 2.41. The van der Waals surface area contributed by atoms with Gasteiger partial charge in [0.05, 0.1) is 11.0 Å². The van der Waals surface area contributed by atoms with E-state index >= 15 is 0 Å². The van der Waals surface area contributed by atoms with Gasteiger partial charge in [-0.05, 0) is 164 Å². The number of allylic oxidation sites excluding steroid dienone is 14. The van der Waals surface area contributed by atoms with Crippen molar-refractivity contribution in [1.29, 1.82) is 0 Å². The average Bonchev–Trinajstić information content (AvgIpc) is 3.82. The van der Waals surface area contributed by atoms with Crippen molar-refractivity contribution in [1.82, 2.24) is 4.57 Å². The van der Waals surface area contributed by atoms with E-state index in [0.29, 0.717) is 5.92 Å². The van der Waals surface area contributed by atoms with E-state index in [-0.39, 0.29) is 5.41 Å². The van der Waals surface area contributed by atoms with Gasteiger partial charge in [0.25, 0.3) is 0 Å². The Hall–Kier alpha value is -6.79. The van der Waals surface area contributed by atoms with E-state index in [2.05, 4.69) is 220 Å². The van der Waals surface area contributed by atoms with E-state index in [9.17, 15) is 0 Å². The molecule has 0 bridgehead atoms. The van der Waals surface area contributed by atoms with Crippen molar-refractivity contribution >= 4 is 45.6 Å². The van der Waals surface area contributed by atoms with E-state index in [1.807, 2.05) is 41.5 Å². The van der Waals surface area contributed by atoms with Crippen molar-refractivity contribution in [3.05, 3.63) is 220 Å². The van der Waals surface area contributed by atoms with Crippen LogP contribution in [0.25, 0.3) is 72.0 Å². The molecule has 7 aromatic rings. The van der Waals surface area contributed by atoms with Gasteiger partial charge in [0.15, 0.2) is 0 Å². The van der Waals surface area contributed by atoms with E-state index in [4.69, 9.17) is 12.6 Å². The van der Waals surface area contributed by atoms with Gasteiger partial charge in [-0.25, -0.2) is 0 Å². The Balaban J connectivity index is 0.00000112. The summed E-state index contributed by atoms with van der Waals surface area (Å²) in [4.78, 5) is 1.16. The minimum Gasteiger partial charge on any atom is -0.309 e. The summed E-state index contributed by atoms with van der Waals surface area (Å²) >= 11 is 4.87. The first-order valence-corrected chi connectivity index (χ1v) is 27.2. The lowest BCUT2D eigenvalue weighted by atomic mass is 9.79. The molecule has 2 heteroatoms. The second-order valence-corrected chi connectivity index (χ2v) is 19.7. The maximum absolute atomic E-state index is 4.87. The molecule has 0 radical (unpaired) electrons. The summed E-state index contributed by atoms with van der Waals surface area (Å²) in [6.07, 6.45) is 22.1. The normalized spacial score (nSPS) is 17.2. The van der Waals surface area contributed by atoms with Gasteiger partial charge in [0, 0.05) is 34.7 Å². The third-order valence-corrected chi connectivity index (χ3v) is 15.1. The second kappa shape index (κ2) is 23.2. The molecule has 1 unspecified atom stereocenters. The van der Waals surface area contributed by atoms with E-state index in [1.165, 1.54) is 105 Å². The molecule has 1 aromatic heterocycles. The lowest BCUT2D eigenvalue weighted by Gasteiger charge is -2.25. The second-order valence-electron chi connectivity index (χ2n) is 19.1. The first-order chi connectivity index (χ1) is 35.2. The number of hydrogen-bond acceptors (Lipinski definition) is 1. The van der Waals surface area contributed by atoms with E-state index < -0.39 is 0 Å². The summed E-state index contributed by atoms with van der Waals surface area (Å²) in [5.41, 5.74) is 23.2. The highest BCUT2D eigenvalue weighted by Gasteiger charge is 2.33. The fourth-order valence-corrected chi connectivity index (χ4v) is 11.3. The van der Waals surface area contributed by atoms with Gasteiger partial charge in [-0.1, -0.05) is 213 Å². The van der Waals surface area contributed by atoms with Crippen LogP contribution in [0, 0.1) is 17.3 Å². The summed E-state index contributed by atoms with van der Waals surface area (Å²) in [6, 6.07) is 50.0. The molecule has 0 saturated carbocycles. The smallest absolute Gasteiger partial charge is 0.0541 e. The molecule has 11 rings (SSSR count). The van der Waals surface area contributed by atoms with Crippen LogP contribution in [0.2, 0.25) is 0 Å². The summed E-state index contributed by atoms with van der Waals surface area (Å²) in [6.45, 7) is 21.5. The van der Waals surface area contributed by atoms with Crippen molar-refractivity contribution < 1.29 is 0 Å². The molecule has 4 aliphatic carbocycles. The maximum Gasteiger partial charge on any atom is 0.0541 e. The van der Waals surface area contributed by atoms with Crippen LogP contribution in [-0.2, 0) is 0 Å². The van der Waals surface area contributed by atoms with Crippen molar-refractivity contribution in [3.8, 4) is 50.9 Å². The van der Waals surface area contributed by atoms with Gasteiger partial charge in [-0.3, -0.25) is 0 Å². The van der Waals surface area contributed by atoms with Crippen molar-refractivity contribution in [2.45, 2.75) is 114 Å². The largest absolute Gasteiger partial charge is 0.309 e. The molecule has 0 saturated heterocycles. The van der Waals surface area contributed by atoms with Crippen LogP contribution in [0.5, 0.6) is 0 Å². The van der Waals surface area contributed by atoms with Gasteiger partial charge in [-0.15, -0.1) is 12.6 Å². The summed E-state index contributed by atoms with van der Waals surface area (Å²) in [7, 11) is 0. The van der Waals surface area contributed by atoms with Crippen LogP contribution in [0.3, 0.4) is 0 Å². The van der Waals surface area contributed by atoms with Gasteiger partial charge in [-0.2, -0.15) is 0 Å². The fraction of sp³-hybridized carbons (Fsp3) is 0.257. The molecule has 4 aliphatic rings. The van der Waals surface area contributed by atoms with Crippen LogP contribution in [-0.4, -0.2) is 4.57 Å². The quantitative estimate of drug-likeness (QED) is 0.120. The molecule has 1 heterocycles. The number of thiol groups is 1. The Kier molecular flexibility index (Phi) is 16.6. The SMILES string of the molecule is CC.CC.CC.CC1=C(/C=C\C2=CC3=C(/C=C\CC#CC3)C2(C)C)c2cccc(-c3ccc(-c4ccc5c(c4)c4cc(-c6cccc(C7=C(S)CCC=C7)c6)ccc4n5-c4ccccc4)cc3)c2C(C)CC1. The average molecular weight is 960 g/mol. The minimum atomic E-state index is -0.0546. The topological polar surface area (TPSA) is 4.93 Å². The predicted octanol–water partition coefficient (Wildman–Crippen LogP) is 20.7. The molecule has 0 aliphatic heterocycles. The van der Waals surface area contributed by atoms with Crippen molar-refractivity contribution in [3.63, 3.8) is 0 Å². The minimum absolute atomic E-state index is 0.0546. The number of rotatable bonds is 7. The first kappa shape index (κ1) is 51.6. The lowest BCUT2D eigenvalue weighted by Crippen LogP contribution is -2.13. The summed E-state index contributed by atoms with van der Waals surface area (Å²) in [5, 5.41) is 2.49. The molecule has 1 nitrogen and oxygen atoms in total. The molecular formula is C70H73NS. The zero-order valence-corrected chi connectivity index (χ0v) is 45.4. The Morgan fingerprint density at radius 2 is 1.24 bits per heavy atom. The number of benzene rings is 6. The number of aromatic nitrogens is 1. The van der Waals surface area contributed by atoms with Crippen LogP contribution in [0.15, 0.2) is 203 Å². The third-order valence-electron chi connectivity index (χ3n) is 14.7. The molecule has 1 atom stereocenters. The molecule has 0 fully saturated rings. The van der Waals surface area contributed by atoms with Crippen LogP contribution in [0.4, 0.5) is 0 Å². The first-order valence-electron chi connectivity index (χ1n) is 26.8. The highest BCUT2D eigenvalue weighted by Crippen LogP contribution is 2.48. The van der Waals surface area contributed by atoms with Crippen molar-refractivity contribution in [2.75, 3.05) is 0 Å². The summed E-state index contributed by atoms with van der Waals surface area (Å²) in [5.74, 6) is 7.10. The standard InChI is InChI=1S/C64H55NS.3C2H6/c1-42-26-27-43(2)63-55(22-15-23-56(63)53(42)35-34-51-39-50-16-8-5-6-11-24-59(50)64(51,3)4)45-30-28-44(29-31-45)47-32-36-60-57(40-47)58-41-48(33-37-61(58)65(60)52-19-9-7-10-20-52)46-17-14-18-49(38-46)54-21-12-13-25-62(54)66;3*1-2/h7,9-12,14-15,17-24,28-41,43,66H,6,13,16,25-27H2,1-4H3;3*1-2H3/b24-11-,35-34-;;;. The molecule has 0 N–H and O–H groups in total. The third kappa shape index (κ3) is 10.2. The van der Waals surface area contributed by atoms with E-state index in [0.717, 1.165) is 49.1 Å². The van der Waals surface area contributed by atoms with Crippen molar-refractivity contribution in [2.24, 2.45) is 5.41 Å². The molecule has 364 valence electrons. The Labute approximate surface area is 437 Å². The van der Waals surface area contributed by atoms with Gasteiger partial charge in [0.1, 0.15) is 0 Å². The number of fused-ring (bicyclic) bond motifs is 4. The molecule has 0 spiro atoms. The fourth-order valence-electron chi connectivity index (χ4n) is 11.0. The molecule has 6 aromatic carbocycles. The van der Waals surface area contributed by atoms with Crippen LogP contribution < -0.4 is 0 Å². The highest BCUT2D eigenvalue weighted by molar-refractivity contribution is 7.84. The predicted molar refractivity (Wildman–Crippen MR) is 320 cm³/mol. The molecule has 0 amide bonds. The molecular weight excluding hydrogens is 887 g/mol. The number of para-hydroxylation sites is 1. The maximum atomic E-state index is 4.87. The van der Waals surface area contributed by atoms with Gasteiger partial charge >= 0.3 is 0 Å². The lowest BCUT2D eigenvalue weighted by molar-refractivity contribution is 0.575. The van der Waals surface area contributed by atoms with Gasteiger partial charge < -0.3 is 4.57 Å². The molecule has 72 heavy (non-hydrogen) atoms. The monoisotopic (exact) mass is 960 g/mol. The number of hydrogen-bond donors (Lipinski definition) is 1.